The van der Waals surface area contributed by atoms with Crippen molar-refractivity contribution in [3.63, 3.8) is 0 Å². The third-order valence-corrected chi connectivity index (χ3v) is 12.3. The monoisotopic (exact) mass is 820 g/mol. The average Bonchev–Trinajstić information content (AvgIpc) is 3.90. The Balaban J connectivity index is 1.33. The van der Waals surface area contributed by atoms with E-state index in [1.54, 1.807) is 20.8 Å². The molecule has 56 heavy (non-hydrogen) atoms. The second kappa shape index (κ2) is 14.6. The number of amides is 1. The van der Waals surface area contributed by atoms with E-state index in [2.05, 4.69) is 15.3 Å². The van der Waals surface area contributed by atoms with Gasteiger partial charge in [-0.1, -0.05) is 17.7 Å². The Morgan fingerprint density at radius 1 is 1.23 bits per heavy atom. The lowest BCUT2D eigenvalue weighted by Crippen LogP contribution is -2.47. The fraction of sp³-hybridized carbons (Fsp3) is 0.526. The summed E-state index contributed by atoms with van der Waals surface area (Å²) in [6.07, 6.45) is -2.51. The molecule has 298 valence electrons. The lowest BCUT2D eigenvalue weighted by atomic mass is 9.95. The summed E-state index contributed by atoms with van der Waals surface area (Å²) in [5.41, 5.74) is -2.40. The number of carbonyl (C=O) groups is 1. The topological polar surface area (TPSA) is 122 Å². The molecule has 1 N–H and O–H groups in total. The first-order valence-corrected chi connectivity index (χ1v) is 19.5. The van der Waals surface area contributed by atoms with Gasteiger partial charge in [0.25, 0.3) is 6.43 Å². The number of nitrogens with zero attached hydrogens (tertiary/aromatic N) is 5. The molecule has 3 fully saturated rings. The lowest BCUT2D eigenvalue weighted by molar-refractivity contribution is 0.0636. The van der Waals surface area contributed by atoms with Crippen LogP contribution in [0.3, 0.4) is 0 Å². The van der Waals surface area contributed by atoms with Gasteiger partial charge in [0.1, 0.15) is 53.2 Å². The summed E-state index contributed by atoms with van der Waals surface area (Å²) in [6, 6.07) is 3.31. The van der Waals surface area contributed by atoms with Gasteiger partial charge in [0.15, 0.2) is 11.6 Å². The molecule has 18 heteroatoms. The quantitative estimate of drug-likeness (QED) is 0.173. The van der Waals surface area contributed by atoms with Gasteiger partial charge in [0, 0.05) is 36.4 Å². The molecule has 0 spiro atoms. The van der Waals surface area contributed by atoms with E-state index >= 15 is 8.78 Å². The molecule has 0 radical (unpaired) electrons. The van der Waals surface area contributed by atoms with Crippen LogP contribution in [-0.4, -0.2) is 96.8 Å². The number of thiophene rings is 1. The van der Waals surface area contributed by atoms with Crippen molar-refractivity contribution >= 4 is 60.8 Å². The minimum absolute atomic E-state index is 0.0202. The highest BCUT2D eigenvalue weighted by Crippen LogP contribution is 2.52. The fourth-order valence-corrected chi connectivity index (χ4v) is 9.93. The zero-order chi connectivity index (χ0) is 39.7. The number of nitrogens with one attached hydrogen (secondary N) is 1. The molecule has 3 saturated heterocycles. The number of hydrogen-bond donors (Lipinski definition) is 1. The SMILES string of the molecule is CC(C)(C)OC(=O)Nc1sc2c(F)ccc(-c3c(Cl)c4c5c(nc(OC[C@@]67CCCN6C[C@H](F)C7)nc5c3F)N(CC(F)F)C(C3CCOC3)CO4)c2c1C#N. The third kappa shape index (κ3) is 6.81. The predicted molar refractivity (Wildman–Crippen MR) is 200 cm³/mol. The van der Waals surface area contributed by atoms with E-state index in [-0.39, 0.29) is 104 Å². The number of rotatable bonds is 8. The molecule has 2 unspecified atom stereocenters. The fourth-order valence-electron chi connectivity index (χ4n) is 8.53. The standard InChI is InChI=1S/C38H38ClF5N6O5S/c1-37(2,3)55-36(51)48-34-21(12-45)25-20(5-6-22(41)32(25)56-34)26-28(39)31-27-30(29(26)44)46-35(54-17-38-8-4-9-49(38)13-19(40)11-38)47-33(27)50(14-24(42)43)23(16-53-31)18-7-10-52-15-18/h5-6,18-19,23-24H,4,7-11,13-17H2,1-3H3,(H,48,51)/t18?,19-,23?,38+/m1/s1. The molecule has 6 heterocycles. The van der Waals surface area contributed by atoms with Crippen molar-refractivity contribution in [1.82, 2.24) is 14.9 Å². The first kappa shape index (κ1) is 38.6. The van der Waals surface area contributed by atoms with E-state index in [4.69, 9.17) is 30.5 Å². The largest absolute Gasteiger partial charge is 0.489 e. The van der Waals surface area contributed by atoms with Gasteiger partial charge >= 0.3 is 12.1 Å². The van der Waals surface area contributed by atoms with Crippen LogP contribution in [0.25, 0.3) is 32.1 Å². The van der Waals surface area contributed by atoms with Crippen LogP contribution in [-0.2, 0) is 9.47 Å². The number of ether oxygens (including phenoxy) is 4. The maximum Gasteiger partial charge on any atom is 0.412 e. The first-order chi connectivity index (χ1) is 26.7. The zero-order valence-corrected chi connectivity index (χ0v) is 32.3. The minimum atomic E-state index is -2.83. The molecule has 0 saturated carbocycles. The maximum atomic E-state index is 17.5. The molecular formula is C38H38ClF5N6O5S. The van der Waals surface area contributed by atoms with Gasteiger partial charge in [-0.3, -0.25) is 10.2 Å². The van der Waals surface area contributed by atoms with Crippen LogP contribution in [0.1, 0.15) is 52.0 Å². The average molecular weight is 821 g/mol. The van der Waals surface area contributed by atoms with Gasteiger partial charge in [0.2, 0.25) is 0 Å². The van der Waals surface area contributed by atoms with Gasteiger partial charge in [-0.2, -0.15) is 15.2 Å². The summed E-state index contributed by atoms with van der Waals surface area (Å²) in [5.74, 6) is -2.24. The molecule has 4 atom stereocenters. The normalized spacial score (nSPS) is 23.7. The van der Waals surface area contributed by atoms with Crippen LogP contribution in [0.2, 0.25) is 5.02 Å². The molecule has 0 bridgehead atoms. The summed E-state index contributed by atoms with van der Waals surface area (Å²) in [5, 5.41) is 12.4. The molecule has 11 nitrogen and oxygen atoms in total. The van der Waals surface area contributed by atoms with Crippen molar-refractivity contribution in [3.05, 3.63) is 34.4 Å². The number of nitriles is 1. The number of benzene rings is 2. The van der Waals surface area contributed by atoms with E-state index in [1.807, 2.05) is 11.0 Å². The lowest BCUT2D eigenvalue weighted by Gasteiger charge is -2.34. The van der Waals surface area contributed by atoms with Crippen molar-refractivity contribution in [2.45, 2.75) is 76.2 Å². The zero-order valence-electron chi connectivity index (χ0n) is 30.7. The van der Waals surface area contributed by atoms with Gasteiger partial charge < -0.3 is 23.8 Å². The van der Waals surface area contributed by atoms with Crippen molar-refractivity contribution in [2.75, 3.05) is 56.3 Å². The number of aromatic nitrogens is 2. The molecule has 4 aromatic rings. The van der Waals surface area contributed by atoms with E-state index < -0.39 is 54.1 Å². The molecular weight excluding hydrogens is 783 g/mol. The summed E-state index contributed by atoms with van der Waals surface area (Å²) >= 11 is 7.84. The van der Waals surface area contributed by atoms with E-state index in [1.165, 1.54) is 11.0 Å². The van der Waals surface area contributed by atoms with Crippen LogP contribution >= 0.6 is 22.9 Å². The number of alkyl halides is 3. The third-order valence-electron chi connectivity index (χ3n) is 10.9. The molecule has 2 aromatic carbocycles. The highest BCUT2D eigenvalue weighted by Gasteiger charge is 2.49. The predicted octanol–water partition coefficient (Wildman–Crippen LogP) is 8.49. The van der Waals surface area contributed by atoms with Crippen LogP contribution in [0, 0.1) is 28.9 Å². The van der Waals surface area contributed by atoms with E-state index in [9.17, 15) is 23.2 Å². The van der Waals surface area contributed by atoms with E-state index in [0.717, 1.165) is 23.8 Å². The number of fused-ring (bicyclic) bond motifs is 2. The summed E-state index contributed by atoms with van der Waals surface area (Å²) < 4.78 is 100. The van der Waals surface area contributed by atoms with Crippen LogP contribution in [0.5, 0.6) is 11.8 Å². The Morgan fingerprint density at radius 2 is 2.04 bits per heavy atom. The Hall–Kier alpha value is -4.24. The molecule has 1 amide bonds. The number of carbonyl (C=O) groups excluding carboxylic acids is 1. The van der Waals surface area contributed by atoms with E-state index in [0.29, 0.717) is 26.0 Å². The van der Waals surface area contributed by atoms with Gasteiger partial charge in [0.05, 0.1) is 45.4 Å². The molecule has 0 aliphatic carbocycles. The van der Waals surface area contributed by atoms with Crippen molar-refractivity contribution in [1.29, 1.82) is 5.26 Å². The Kier molecular flexibility index (Phi) is 10.1. The molecule has 4 aliphatic rings. The number of halogens is 6. The van der Waals surface area contributed by atoms with Crippen LogP contribution in [0.15, 0.2) is 12.1 Å². The first-order valence-electron chi connectivity index (χ1n) is 18.3. The second-order valence-electron chi connectivity index (χ2n) is 15.6. The summed E-state index contributed by atoms with van der Waals surface area (Å²) in [6.45, 7) is 5.61. The Bertz CT molecular complexity index is 2260. The Labute approximate surface area is 327 Å². The number of anilines is 2. The van der Waals surface area contributed by atoms with Gasteiger partial charge in [-0.25, -0.2) is 26.7 Å². The van der Waals surface area contributed by atoms with Crippen LogP contribution in [0.4, 0.5) is 37.6 Å². The second-order valence-corrected chi connectivity index (χ2v) is 17.0. The molecule has 2 aromatic heterocycles. The highest BCUT2D eigenvalue weighted by atomic mass is 35.5. The Morgan fingerprint density at radius 3 is 2.75 bits per heavy atom. The maximum absolute atomic E-state index is 17.5. The smallest absolute Gasteiger partial charge is 0.412 e. The minimum Gasteiger partial charge on any atom is -0.489 e. The van der Waals surface area contributed by atoms with Crippen molar-refractivity contribution < 1.29 is 45.7 Å². The molecule has 4 aliphatic heterocycles. The van der Waals surface area contributed by atoms with Crippen molar-refractivity contribution in [3.8, 4) is 29.0 Å². The molecule has 8 rings (SSSR count). The van der Waals surface area contributed by atoms with Gasteiger partial charge in [-0.05, 0) is 58.2 Å². The summed E-state index contributed by atoms with van der Waals surface area (Å²) in [4.78, 5) is 25.3. The number of hydrogen-bond acceptors (Lipinski definition) is 11. The highest BCUT2D eigenvalue weighted by molar-refractivity contribution is 7.23. The van der Waals surface area contributed by atoms with Crippen LogP contribution < -0.4 is 19.7 Å². The van der Waals surface area contributed by atoms with Gasteiger partial charge in [-0.15, -0.1) is 11.3 Å². The van der Waals surface area contributed by atoms with Crippen molar-refractivity contribution in [2.24, 2.45) is 5.92 Å². The summed E-state index contributed by atoms with van der Waals surface area (Å²) in [7, 11) is 0.